The van der Waals surface area contributed by atoms with Gasteiger partial charge in [0, 0.05) is 0 Å². The van der Waals surface area contributed by atoms with Crippen molar-refractivity contribution in [3.05, 3.63) is 0 Å². The molecular weight excluding hydrogens is 289 g/mol. The van der Waals surface area contributed by atoms with Crippen molar-refractivity contribution in [2.45, 2.75) is 0 Å². The Labute approximate surface area is 109 Å². The van der Waals surface area contributed by atoms with E-state index in [1.165, 1.54) is 0 Å². The molecule has 4 radical (unpaired) electrons. The minimum absolute atomic E-state index is 0. The zero-order valence-electron chi connectivity index (χ0n) is 6.22. The molecule has 82 valence electrons. The summed E-state index contributed by atoms with van der Waals surface area (Å²) in [5.74, 6) is 0. The molecule has 0 N–H and O–H groups in total. The first-order chi connectivity index (χ1) is 5.20. The topological polar surface area (TPSA) is 236 Å². The molecular formula is Cl3NaO10. The van der Waals surface area contributed by atoms with Crippen molar-refractivity contribution >= 4 is 0 Å². The Bertz CT molecular complexity index is 43.9. The summed E-state index contributed by atoms with van der Waals surface area (Å²) >= 11 is 0. The fourth-order valence-electron chi connectivity index (χ4n) is 0. The zero-order valence-corrected chi connectivity index (χ0v) is 10.5. The van der Waals surface area contributed by atoms with Crippen LogP contribution in [-0.4, -0.2) is 0 Å². The summed E-state index contributed by atoms with van der Waals surface area (Å²) in [6.07, 6.45) is 0. The van der Waals surface area contributed by atoms with Gasteiger partial charge in [-0.15, -0.1) is 0 Å². The summed E-state index contributed by atoms with van der Waals surface area (Å²) in [7, 11) is -8.56. The van der Waals surface area contributed by atoms with Crippen LogP contribution in [0.25, 0.3) is 0 Å². The molecule has 0 heterocycles. The van der Waals surface area contributed by atoms with Crippen LogP contribution in [0.4, 0.5) is 0 Å². The van der Waals surface area contributed by atoms with E-state index in [9.17, 15) is 0 Å². The third kappa shape index (κ3) is 969. The van der Waals surface area contributed by atoms with Gasteiger partial charge in [0.1, 0.15) is 0 Å². The SMILES string of the molecule is [Na+].[O+2].[O-][Cl+2]([O-])[O-].[O-][Cl+2]([O-])[O-].[O-][Cl+2]([O-])[O-]. The third-order valence-electron chi connectivity index (χ3n) is 0. The van der Waals surface area contributed by atoms with E-state index in [4.69, 9.17) is 41.9 Å². The van der Waals surface area contributed by atoms with E-state index in [-0.39, 0.29) is 35.0 Å². The van der Waals surface area contributed by atoms with Crippen LogP contribution in [0.5, 0.6) is 0 Å². The molecule has 0 aromatic carbocycles. The Balaban J connectivity index is -0.0000000270. The maximum atomic E-state index is 8.41. The van der Waals surface area contributed by atoms with Crippen LogP contribution in [0.1, 0.15) is 0 Å². The predicted octanol–water partition coefficient (Wildman–Crippen LogP) is -13.8. The monoisotopic (exact) mass is 288 g/mol. The van der Waals surface area contributed by atoms with Gasteiger partial charge in [0.2, 0.25) is 0 Å². The van der Waals surface area contributed by atoms with Crippen molar-refractivity contribution in [2.24, 2.45) is 0 Å². The van der Waals surface area contributed by atoms with E-state index in [0.717, 1.165) is 0 Å². The first-order valence-electron chi connectivity index (χ1n) is 1.39. The van der Waals surface area contributed by atoms with Gasteiger partial charge < -0.3 is 41.9 Å². The van der Waals surface area contributed by atoms with Crippen LogP contribution < -0.4 is 71.5 Å². The van der Waals surface area contributed by atoms with Crippen molar-refractivity contribution in [1.29, 1.82) is 0 Å². The van der Waals surface area contributed by atoms with Crippen molar-refractivity contribution in [3.8, 4) is 0 Å². The van der Waals surface area contributed by atoms with Crippen molar-refractivity contribution in [2.75, 3.05) is 0 Å². The van der Waals surface area contributed by atoms with Crippen molar-refractivity contribution < 1.29 is 109 Å². The van der Waals surface area contributed by atoms with E-state index >= 15 is 0 Å². The molecule has 14 heteroatoms. The molecule has 0 unspecified atom stereocenters. The minimum atomic E-state index is -2.85. The normalized spacial score (nSPS) is 7.71. The second-order valence-corrected chi connectivity index (χ2v) is 1.70. The smallest absolute Gasteiger partial charge is 0.357 e. The molecule has 0 fully saturated rings. The van der Waals surface area contributed by atoms with E-state index in [2.05, 4.69) is 0 Å². The van der Waals surface area contributed by atoms with Crippen molar-refractivity contribution in [3.63, 3.8) is 0 Å². The Hall–Kier alpha value is 1.47. The second-order valence-electron chi connectivity index (χ2n) is 0.567. The third-order valence-corrected chi connectivity index (χ3v) is 0. The van der Waals surface area contributed by atoms with Gasteiger partial charge in [-0.25, -0.2) is 0 Å². The first kappa shape index (κ1) is 29.5. The van der Waals surface area contributed by atoms with Crippen LogP contribution in [-0.2, 0) is 5.48 Å². The first-order valence-corrected chi connectivity index (χ1v) is 4.17. The molecule has 0 amide bonds. The zero-order chi connectivity index (χ0) is 10.7. The van der Waals surface area contributed by atoms with Gasteiger partial charge in [-0.05, 0) is 0 Å². The summed E-state index contributed by atoms with van der Waals surface area (Å²) in [4.78, 5) is 0. The Kier molecular flexibility index (Phi) is 50.5. The maximum absolute atomic E-state index is 8.41. The van der Waals surface area contributed by atoms with E-state index in [1.54, 1.807) is 0 Å². The minimum Gasteiger partial charge on any atom is -0.357 e. The quantitative estimate of drug-likeness (QED) is 0.384. The van der Waals surface area contributed by atoms with Gasteiger partial charge in [0.25, 0.3) is 0 Å². The Morgan fingerprint density at radius 1 is 0.429 bits per heavy atom. The molecule has 0 aliphatic carbocycles. The molecule has 0 aromatic heterocycles. The average Bonchev–Trinajstić information content (AvgIpc) is 1.54. The van der Waals surface area contributed by atoms with E-state index in [1.807, 2.05) is 0 Å². The van der Waals surface area contributed by atoms with Gasteiger partial charge in [0.05, 0.1) is 32.4 Å². The Morgan fingerprint density at radius 2 is 0.429 bits per heavy atom. The van der Waals surface area contributed by atoms with E-state index < -0.39 is 32.4 Å². The molecule has 0 atom stereocenters. The van der Waals surface area contributed by atoms with E-state index in [0.29, 0.717) is 0 Å². The summed E-state index contributed by atoms with van der Waals surface area (Å²) in [5.41, 5.74) is 0. The van der Waals surface area contributed by atoms with Crippen LogP contribution in [0.3, 0.4) is 0 Å². The summed E-state index contributed by atoms with van der Waals surface area (Å²) < 4.78 is 75.7. The molecule has 0 saturated carbocycles. The van der Waals surface area contributed by atoms with Gasteiger partial charge in [-0.1, -0.05) is 0 Å². The standard InChI is InChI=1S/3ClO3.Na.O/c3*2-1(3)4;;/q3*-1;+1;+2. The van der Waals surface area contributed by atoms with Crippen LogP contribution >= 0.6 is 0 Å². The van der Waals surface area contributed by atoms with Gasteiger partial charge in [0.15, 0.2) is 0 Å². The van der Waals surface area contributed by atoms with Gasteiger partial charge in [-0.3, -0.25) is 0 Å². The molecule has 0 saturated heterocycles. The second kappa shape index (κ2) is 24.0. The molecule has 0 aliphatic heterocycles. The van der Waals surface area contributed by atoms with Gasteiger partial charge >= 0.3 is 35.0 Å². The van der Waals surface area contributed by atoms with Crippen LogP contribution in [0, 0.1) is 32.4 Å². The fraction of sp³-hybridized carbons (Fsp3) is 0. The predicted molar refractivity (Wildman–Crippen MR) is 0.686 cm³/mol. The molecule has 0 rings (SSSR count). The largest absolute Gasteiger partial charge is 2.00 e. The molecule has 14 heavy (non-hydrogen) atoms. The summed E-state index contributed by atoms with van der Waals surface area (Å²) in [5, 5.41) is 0. The average molecular weight is 289 g/mol. The maximum Gasteiger partial charge on any atom is 2.00 e. The Morgan fingerprint density at radius 3 is 0.429 bits per heavy atom. The number of halogens is 3. The molecule has 0 bridgehead atoms. The van der Waals surface area contributed by atoms with Crippen LogP contribution in [0.2, 0.25) is 0 Å². The molecule has 0 spiro atoms. The molecule has 0 aliphatic rings. The number of hydrogen-bond donors (Lipinski definition) is 0. The molecule has 0 aromatic rings. The molecule has 10 nitrogen and oxygen atoms in total. The number of rotatable bonds is 0. The van der Waals surface area contributed by atoms with Crippen LogP contribution in [0.15, 0.2) is 0 Å². The van der Waals surface area contributed by atoms with Gasteiger partial charge in [-0.2, -0.15) is 0 Å². The number of hydrogen-bond acceptors (Lipinski definition) is 9. The summed E-state index contributed by atoms with van der Waals surface area (Å²) in [6, 6.07) is 0. The fourth-order valence-corrected chi connectivity index (χ4v) is 0. The van der Waals surface area contributed by atoms with Crippen molar-refractivity contribution in [1.82, 2.24) is 0 Å². The summed E-state index contributed by atoms with van der Waals surface area (Å²) in [6.45, 7) is 0.